The number of ether oxygens (including phenoxy) is 3. The zero-order valence-electron chi connectivity index (χ0n) is 16.2. The summed E-state index contributed by atoms with van der Waals surface area (Å²) in [5, 5.41) is 0. The molecule has 6 nitrogen and oxygen atoms in total. The summed E-state index contributed by atoms with van der Waals surface area (Å²) in [6.45, 7) is 6.26. The predicted octanol–water partition coefficient (Wildman–Crippen LogP) is 2.92. The van der Waals surface area contributed by atoms with E-state index in [1.54, 1.807) is 0 Å². The van der Waals surface area contributed by atoms with Gasteiger partial charge in [0.2, 0.25) is 6.79 Å². The molecule has 2 aromatic rings. The van der Waals surface area contributed by atoms with E-state index >= 15 is 0 Å². The normalized spacial score (nSPS) is 17.4. The molecule has 1 fully saturated rings. The second-order valence-corrected chi connectivity index (χ2v) is 7.12. The number of rotatable bonds is 6. The highest BCUT2D eigenvalue weighted by molar-refractivity contribution is 5.81. The molecule has 0 spiro atoms. The van der Waals surface area contributed by atoms with Crippen LogP contribution in [0.15, 0.2) is 48.5 Å². The lowest BCUT2D eigenvalue weighted by Gasteiger charge is -2.36. The molecule has 0 aliphatic carbocycles. The Kier molecular flexibility index (Phi) is 5.67. The Morgan fingerprint density at radius 2 is 1.79 bits per heavy atom. The van der Waals surface area contributed by atoms with Crippen LogP contribution in [-0.2, 0) is 11.3 Å². The van der Waals surface area contributed by atoms with Gasteiger partial charge in [0, 0.05) is 32.7 Å². The predicted molar refractivity (Wildman–Crippen MR) is 106 cm³/mol. The van der Waals surface area contributed by atoms with Crippen molar-refractivity contribution < 1.29 is 19.0 Å². The summed E-state index contributed by atoms with van der Waals surface area (Å²) in [7, 11) is 0. The molecule has 6 heteroatoms. The first kappa shape index (κ1) is 18.6. The largest absolute Gasteiger partial charge is 0.481 e. The third-order valence-electron chi connectivity index (χ3n) is 5.19. The van der Waals surface area contributed by atoms with E-state index in [1.807, 2.05) is 54.3 Å². The minimum Gasteiger partial charge on any atom is -0.481 e. The molecular weight excluding hydrogens is 356 g/mol. The van der Waals surface area contributed by atoms with Gasteiger partial charge in [0.05, 0.1) is 0 Å². The van der Waals surface area contributed by atoms with Crippen LogP contribution < -0.4 is 14.2 Å². The van der Waals surface area contributed by atoms with Crippen molar-refractivity contribution in [2.24, 2.45) is 0 Å². The summed E-state index contributed by atoms with van der Waals surface area (Å²) in [5.41, 5.74) is 1.20. The minimum absolute atomic E-state index is 0.0779. The fourth-order valence-corrected chi connectivity index (χ4v) is 3.60. The lowest BCUT2D eigenvalue weighted by Crippen LogP contribution is -2.52. The Morgan fingerprint density at radius 3 is 2.54 bits per heavy atom. The van der Waals surface area contributed by atoms with E-state index in [2.05, 4.69) is 11.0 Å². The molecule has 2 aromatic carbocycles. The maximum atomic E-state index is 12.9. The van der Waals surface area contributed by atoms with Crippen molar-refractivity contribution in [1.29, 1.82) is 0 Å². The van der Waals surface area contributed by atoms with Gasteiger partial charge in [0.1, 0.15) is 5.75 Å². The SMILES string of the molecule is CCC(Oc1ccccc1)C(=O)N1CCN(Cc2ccc3c(c2)OCO3)CC1. The zero-order valence-corrected chi connectivity index (χ0v) is 16.2. The smallest absolute Gasteiger partial charge is 0.263 e. The summed E-state index contributed by atoms with van der Waals surface area (Å²) in [6.07, 6.45) is 0.230. The van der Waals surface area contributed by atoms with Gasteiger partial charge in [-0.1, -0.05) is 31.2 Å². The number of hydrogen-bond donors (Lipinski definition) is 0. The third kappa shape index (κ3) is 4.22. The zero-order chi connectivity index (χ0) is 19.3. The van der Waals surface area contributed by atoms with Crippen molar-refractivity contribution in [3.05, 3.63) is 54.1 Å². The molecular formula is C22H26N2O4. The molecule has 1 amide bonds. The van der Waals surface area contributed by atoms with E-state index in [0.29, 0.717) is 13.2 Å². The first-order chi connectivity index (χ1) is 13.7. The summed E-state index contributed by atoms with van der Waals surface area (Å²) in [4.78, 5) is 17.2. The monoisotopic (exact) mass is 382 g/mol. The fraction of sp³-hybridized carbons (Fsp3) is 0.409. The van der Waals surface area contributed by atoms with Crippen molar-refractivity contribution in [2.75, 3.05) is 33.0 Å². The Morgan fingerprint density at radius 1 is 1.04 bits per heavy atom. The molecule has 0 N–H and O–H groups in total. The van der Waals surface area contributed by atoms with Crippen molar-refractivity contribution in [3.8, 4) is 17.2 Å². The van der Waals surface area contributed by atoms with Crippen LogP contribution in [0, 0.1) is 0 Å². The van der Waals surface area contributed by atoms with Crippen LogP contribution in [0.4, 0.5) is 0 Å². The van der Waals surface area contributed by atoms with Gasteiger partial charge < -0.3 is 19.1 Å². The topological polar surface area (TPSA) is 51.2 Å². The van der Waals surface area contributed by atoms with Gasteiger partial charge >= 0.3 is 0 Å². The molecule has 2 aliphatic rings. The van der Waals surface area contributed by atoms with Gasteiger partial charge in [0.25, 0.3) is 5.91 Å². The Balaban J connectivity index is 1.30. The van der Waals surface area contributed by atoms with Crippen molar-refractivity contribution in [2.45, 2.75) is 26.0 Å². The second-order valence-electron chi connectivity index (χ2n) is 7.12. The van der Waals surface area contributed by atoms with Gasteiger partial charge in [-0.05, 0) is 36.2 Å². The summed E-state index contributed by atoms with van der Waals surface area (Å²) in [6, 6.07) is 15.6. The van der Waals surface area contributed by atoms with E-state index in [-0.39, 0.29) is 5.91 Å². The fourth-order valence-electron chi connectivity index (χ4n) is 3.60. The van der Waals surface area contributed by atoms with Gasteiger partial charge in [-0.25, -0.2) is 0 Å². The van der Waals surface area contributed by atoms with E-state index < -0.39 is 6.10 Å². The molecule has 2 heterocycles. The molecule has 0 aromatic heterocycles. The first-order valence-corrected chi connectivity index (χ1v) is 9.84. The molecule has 1 atom stereocenters. The molecule has 2 aliphatic heterocycles. The number of nitrogens with zero attached hydrogens (tertiary/aromatic N) is 2. The lowest BCUT2D eigenvalue weighted by atomic mass is 10.1. The molecule has 0 bridgehead atoms. The van der Waals surface area contributed by atoms with E-state index in [1.165, 1.54) is 5.56 Å². The summed E-state index contributed by atoms with van der Waals surface area (Å²) in [5.74, 6) is 2.44. The number of fused-ring (bicyclic) bond motifs is 1. The highest BCUT2D eigenvalue weighted by Gasteiger charge is 2.28. The van der Waals surface area contributed by atoms with Crippen LogP contribution in [0.3, 0.4) is 0 Å². The molecule has 148 valence electrons. The number of hydrogen-bond acceptors (Lipinski definition) is 5. The van der Waals surface area contributed by atoms with Crippen molar-refractivity contribution in [3.63, 3.8) is 0 Å². The Labute approximate surface area is 165 Å². The number of para-hydroxylation sites is 1. The molecule has 0 radical (unpaired) electrons. The summed E-state index contributed by atoms with van der Waals surface area (Å²) >= 11 is 0. The van der Waals surface area contributed by atoms with Crippen LogP contribution in [0.5, 0.6) is 17.2 Å². The van der Waals surface area contributed by atoms with E-state index in [4.69, 9.17) is 14.2 Å². The molecule has 1 saturated heterocycles. The minimum atomic E-state index is -0.428. The summed E-state index contributed by atoms with van der Waals surface area (Å²) < 4.78 is 16.7. The third-order valence-corrected chi connectivity index (χ3v) is 5.19. The van der Waals surface area contributed by atoms with Crippen molar-refractivity contribution in [1.82, 2.24) is 9.80 Å². The van der Waals surface area contributed by atoms with Crippen molar-refractivity contribution >= 4 is 5.91 Å². The number of piperazine rings is 1. The second kappa shape index (κ2) is 8.52. The molecule has 28 heavy (non-hydrogen) atoms. The lowest BCUT2D eigenvalue weighted by molar-refractivity contribution is -0.140. The van der Waals surface area contributed by atoms with E-state index in [0.717, 1.165) is 50.0 Å². The van der Waals surface area contributed by atoms with Crippen LogP contribution in [0.1, 0.15) is 18.9 Å². The van der Waals surface area contributed by atoms with Crippen LogP contribution in [0.2, 0.25) is 0 Å². The quantitative estimate of drug-likeness (QED) is 0.769. The van der Waals surface area contributed by atoms with Gasteiger partial charge in [0.15, 0.2) is 17.6 Å². The van der Waals surface area contributed by atoms with Gasteiger partial charge in [-0.3, -0.25) is 9.69 Å². The van der Waals surface area contributed by atoms with E-state index in [9.17, 15) is 4.79 Å². The van der Waals surface area contributed by atoms with Gasteiger partial charge in [-0.15, -0.1) is 0 Å². The Hall–Kier alpha value is -2.73. The Bertz CT molecular complexity index is 803. The van der Waals surface area contributed by atoms with Crippen LogP contribution in [0.25, 0.3) is 0 Å². The maximum Gasteiger partial charge on any atom is 0.263 e. The van der Waals surface area contributed by atoms with Crippen LogP contribution in [-0.4, -0.2) is 54.8 Å². The highest BCUT2D eigenvalue weighted by Crippen LogP contribution is 2.32. The molecule has 4 rings (SSSR count). The number of benzene rings is 2. The maximum absolute atomic E-state index is 12.9. The number of carbonyl (C=O) groups is 1. The molecule has 0 saturated carbocycles. The number of amides is 1. The highest BCUT2D eigenvalue weighted by atomic mass is 16.7. The first-order valence-electron chi connectivity index (χ1n) is 9.84. The number of carbonyl (C=O) groups excluding carboxylic acids is 1. The molecule has 1 unspecified atom stereocenters. The van der Waals surface area contributed by atoms with Crippen LogP contribution >= 0.6 is 0 Å². The van der Waals surface area contributed by atoms with Gasteiger partial charge in [-0.2, -0.15) is 0 Å². The average molecular weight is 382 g/mol. The standard InChI is InChI=1S/C22H26N2O4/c1-2-19(28-18-6-4-3-5-7-18)22(25)24-12-10-23(11-13-24)15-17-8-9-20-21(14-17)27-16-26-20/h3-9,14,19H,2,10-13,15-16H2,1H3. The average Bonchev–Trinajstić information content (AvgIpc) is 3.21.